The largest absolute Gasteiger partial charge is 0.281 e. The topological polar surface area (TPSA) is 26.0 Å². The van der Waals surface area contributed by atoms with Gasteiger partial charge in [-0.15, -0.1) is 12.8 Å². The zero-order valence-electron chi connectivity index (χ0n) is 41.1. The predicted octanol–water partition coefficient (Wildman–Crippen LogP) is 17.2. The lowest BCUT2D eigenvalue weighted by molar-refractivity contribution is 0.271. The van der Waals surface area contributed by atoms with Gasteiger partial charge in [0.05, 0.1) is 0 Å². The molecule has 4 aliphatic rings. The van der Waals surface area contributed by atoms with E-state index in [2.05, 4.69) is 249 Å². The molecule has 0 amide bonds. The number of benzene rings is 7. The maximum Gasteiger partial charge on any atom is 0.0459 e. The molecule has 3 atom stereocenters. The zero-order valence-corrected chi connectivity index (χ0v) is 42.0. The van der Waals surface area contributed by atoms with Crippen LogP contribution in [0, 0.1) is 52.4 Å². The van der Waals surface area contributed by atoms with E-state index in [-0.39, 0.29) is 10.8 Å². The molecule has 4 aliphatic carbocycles. The number of hydrogen-bond acceptors (Lipinski definition) is 2. The van der Waals surface area contributed by atoms with Crippen molar-refractivity contribution in [2.45, 2.75) is 91.9 Å². The van der Waals surface area contributed by atoms with Crippen LogP contribution in [-0.4, -0.2) is 0 Å². The number of thiol groups is 1. The summed E-state index contributed by atoms with van der Waals surface area (Å²) in [4.78, 5) is 0. The van der Waals surface area contributed by atoms with Crippen LogP contribution in [0.5, 0.6) is 0 Å². The molecule has 0 saturated carbocycles. The molecule has 2 N–H and O–H groups in total. The van der Waals surface area contributed by atoms with E-state index in [0.717, 1.165) is 0 Å². The van der Waals surface area contributed by atoms with Crippen molar-refractivity contribution in [3.63, 3.8) is 0 Å². The van der Waals surface area contributed by atoms with E-state index in [1.807, 2.05) is 24.3 Å². The van der Waals surface area contributed by atoms with Gasteiger partial charge in [-0.1, -0.05) is 243 Å². The van der Waals surface area contributed by atoms with E-state index in [9.17, 15) is 0 Å². The van der Waals surface area contributed by atoms with Crippen LogP contribution in [0.15, 0.2) is 211 Å². The van der Waals surface area contributed by atoms with E-state index in [4.69, 9.17) is 0 Å². The molecule has 67 heavy (non-hydrogen) atoms. The summed E-state index contributed by atoms with van der Waals surface area (Å²) in [5, 5.41) is 4.19. The van der Waals surface area contributed by atoms with Crippen LogP contribution < -0.4 is 5.14 Å². The fourth-order valence-electron chi connectivity index (χ4n) is 11.3. The van der Waals surface area contributed by atoms with Crippen molar-refractivity contribution >= 4 is 12.8 Å². The third-order valence-corrected chi connectivity index (χ3v) is 14.7. The highest BCUT2D eigenvalue weighted by Gasteiger charge is 2.56. The van der Waals surface area contributed by atoms with E-state index in [1.165, 1.54) is 98.0 Å². The molecule has 0 spiro atoms. The van der Waals surface area contributed by atoms with E-state index in [1.54, 1.807) is 11.1 Å². The summed E-state index contributed by atoms with van der Waals surface area (Å²) >= 11 is 3.03. The Bertz CT molecular complexity index is 2760. The van der Waals surface area contributed by atoms with Crippen molar-refractivity contribution in [2.24, 2.45) is 22.9 Å². The van der Waals surface area contributed by atoms with Crippen molar-refractivity contribution < 1.29 is 0 Å². The number of fused-ring (bicyclic) bond motifs is 5. The van der Waals surface area contributed by atoms with Crippen LogP contribution in [0.1, 0.15) is 96.5 Å². The molecule has 0 aromatic heterocycles. The van der Waals surface area contributed by atoms with Crippen LogP contribution >= 0.6 is 12.8 Å². The monoisotopic (exact) mass is 898 g/mol. The fourth-order valence-corrected chi connectivity index (χ4v) is 11.3. The van der Waals surface area contributed by atoms with Crippen LogP contribution in [-0.2, 0) is 10.8 Å². The lowest BCUT2D eigenvalue weighted by atomic mass is 9.57. The molecule has 0 saturated heterocycles. The lowest BCUT2D eigenvalue weighted by Gasteiger charge is -2.45. The Kier molecular flexibility index (Phi) is 16.3. The summed E-state index contributed by atoms with van der Waals surface area (Å²) in [6.45, 7) is 18.0. The second kappa shape index (κ2) is 22.2. The third kappa shape index (κ3) is 10.3. The number of aryl methyl sites for hydroxylation is 5. The highest BCUT2D eigenvalue weighted by molar-refractivity contribution is 7.77. The minimum atomic E-state index is -0.000370. The highest BCUT2D eigenvalue weighted by Crippen LogP contribution is 2.63. The molecule has 7 aromatic rings. The molecule has 0 aliphatic heterocycles. The summed E-state index contributed by atoms with van der Waals surface area (Å²) in [6.07, 6.45) is 14.8. The fraction of sp³-hybridized carbons (Fsp3) is 0.262. The number of rotatable bonds is 4. The van der Waals surface area contributed by atoms with Gasteiger partial charge in [0.25, 0.3) is 0 Å². The normalized spacial score (nSPS) is 18.4. The Morgan fingerprint density at radius 3 is 1.61 bits per heavy atom. The zero-order chi connectivity index (χ0) is 47.6. The second-order valence-corrected chi connectivity index (χ2v) is 19.3. The molecule has 0 radical (unpaired) electrons. The minimum absolute atomic E-state index is 0.000370. The molecule has 11 rings (SSSR count). The number of hydrogen-bond donors (Lipinski definition) is 2. The van der Waals surface area contributed by atoms with Gasteiger partial charge in [-0.05, 0) is 133 Å². The van der Waals surface area contributed by atoms with Gasteiger partial charge in [0.15, 0.2) is 0 Å². The van der Waals surface area contributed by atoms with Gasteiger partial charge < -0.3 is 0 Å². The molecule has 0 fully saturated rings. The quantitative estimate of drug-likeness (QED) is 0.134. The first-order chi connectivity index (χ1) is 32.5. The molecular formula is C65H71NS. The van der Waals surface area contributed by atoms with Gasteiger partial charge in [0.1, 0.15) is 0 Å². The molecule has 1 nitrogen and oxygen atoms in total. The first-order valence-corrected chi connectivity index (χ1v) is 24.9. The second-order valence-electron chi connectivity index (χ2n) is 19.3. The van der Waals surface area contributed by atoms with Gasteiger partial charge in [0, 0.05) is 16.7 Å². The van der Waals surface area contributed by atoms with Gasteiger partial charge in [-0.2, -0.15) is 0 Å². The maximum absolute atomic E-state index is 4.19. The molecule has 0 bridgehead atoms. The Hall–Kier alpha value is -5.93. The van der Waals surface area contributed by atoms with E-state index in [0.29, 0.717) is 17.8 Å². The summed E-state index contributed by atoms with van der Waals surface area (Å²) in [7, 11) is 0. The highest BCUT2D eigenvalue weighted by atomic mass is 32.1. The molecule has 3 unspecified atom stereocenters. The van der Waals surface area contributed by atoms with E-state index >= 15 is 0 Å². The smallest absolute Gasteiger partial charge is 0.0459 e. The summed E-state index contributed by atoms with van der Waals surface area (Å²) in [5.41, 5.74) is 21.7. The van der Waals surface area contributed by atoms with Crippen molar-refractivity contribution in [3.05, 3.63) is 261 Å². The average Bonchev–Trinajstić information content (AvgIpc) is 3.78. The van der Waals surface area contributed by atoms with Crippen LogP contribution in [0.3, 0.4) is 0 Å². The van der Waals surface area contributed by atoms with Gasteiger partial charge in [-0.25, -0.2) is 0 Å². The standard InChI is InChI=1S/C29H32.C16H16.C13H12.C7H8.H3NS/c1-4-22-17-18-24-23-13-7-10-16-27(23)29(28(24)19-22,25-14-8-5-11-20(25)2)26-15-9-6-12-21(26)3;1-11-8-9-13-12-6-4-5-7-14(12)16(2,3)15(13)10-11;1-11-7-9-13(10-8-11)12-5-3-2-4-6-12;1-7-5-3-2-4-6-7;1-2/h5-9,11-15,17-18,22,24,28H,4,10,16,19H2,1-3H3;4-10H,1-3H3;2-10H,1H3;2-6H,1H3;2H,1H2. The maximum atomic E-state index is 4.19. The first kappa shape index (κ1) is 49.0. The summed E-state index contributed by atoms with van der Waals surface area (Å²) in [6, 6.07) is 63.2. The van der Waals surface area contributed by atoms with Crippen molar-refractivity contribution in [3.8, 4) is 22.3 Å². The predicted molar refractivity (Wildman–Crippen MR) is 293 cm³/mol. The molecule has 2 heteroatoms. The Balaban J connectivity index is 0.000000147. The molecular weight excluding hydrogens is 827 g/mol. The SMILES string of the molecule is CCC1C=CC2C3=C(CCC=C3)C(c3ccccc3C)(c3ccccc3C)C2C1.Cc1ccc(-c2ccccc2)cc1.Cc1ccc2c(c1)C(C)(C)c1ccccc1-2.Cc1ccccc1.NS. The van der Waals surface area contributed by atoms with E-state index < -0.39 is 0 Å². The van der Waals surface area contributed by atoms with Gasteiger partial charge in [-0.3, -0.25) is 5.14 Å². The lowest BCUT2D eigenvalue weighted by Crippen LogP contribution is -2.40. The Morgan fingerprint density at radius 1 is 0.522 bits per heavy atom. The number of nitrogens with two attached hydrogens (primary N) is 1. The average molecular weight is 898 g/mol. The summed E-state index contributed by atoms with van der Waals surface area (Å²) in [5.74, 6) is 1.84. The van der Waals surface area contributed by atoms with Crippen LogP contribution in [0.2, 0.25) is 0 Å². The van der Waals surface area contributed by atoms with Crippen LogP contribution in [0.25, 0.3) is 22.3 Å². The van der Waals surface area contributed by atoms with Crippen molar-refractivity contribution in [2.75, 3.05) is 0 Å². The molecule has 7 aromatic carbocycles. The van der Waals surface area contributed by atoms with Gasteiger partial charge >= 0.3 is 0 Å². The number of allylic oxidation sites excluding steroid dienone is 6. The molecule has 342 valence electrons. The van der Waals surface area contributed by atoms with Crippen molar-refractivity contribution in [1.29, 1.82) is 0 Å². The summed E-state index contributed by atoms with van der Waals surface area (Å²) < 4.78 is 0. The Labute approximate surface area is 409 Å². The first-order valence-electron chi connectivity index (χ1n) is 24.3. The third-order valence-electron chi connectivity index (χ3n) is 14.7. The molecule has 0 heterocycles. The Morgan fingerprint density at radius 2 is 1.03 bits per heavy atom. The van der Waals surface area contributed by atoms with Crippen LogP contribution in [0.4, 0.5) is 0 Å². The van der Waals surface area contributed by atoms with Crippen molar-refractivity contribution in [1.82, 2.24) is 0 Å². The minimum Gasteiger partial charge on any atom is -0.281 e. The van der Waals surface area contributed by atoms with Gasteiger partial charge in [0.2, 0.25) is 0 Å².